The van der Waals surface area contributed by atoms with Gasteiger partial charge >= 0.3 is 0 Å². The van der Waals surface area contributed by atoms with Crippen molar-refractivity contribution in [1.29, 1.82) is 0 Å². The van der Waals surface area contributed by atoms with Crippen LogP contribution in [-0.2, 0) is 11.3 Å². The number of allylic oxidation sites excluding steroid dienone is 1. The molecule has 7 nitrogen and oxygen atoms in total. The Balaban J connectivity index is 1.69. The summed E-state index contributed by atoms with van der Waals surface area (Å²) in [5, 5.41) is 12.1. The molecule has 1 N–H and O–H groups in total. The summed E-state index contributed by atoms with van der Waals surface area (Å²) in [5.41, 5.74) is 1.86. The van der Waals surface area contributed by atoms with E-state index in [1.807, 2.05) is 66.9 Å². The van der Waals surface area contributed by atoms with Crippen molar-refractivity contribution in [3.8, 4) is 11.5 Å². The van der Waals surface area contributed by atoms with Crippen molar-refractivity contribution in [3.63, 3.8) is 0 Å². The maximum Gasteiger partial charge on any atom is 0.234 e. The first kappa shape index (κ1) is 22.4. The van der Waals surface area contributed by atoms with E-state index in [0.29, 0.717) is 29.0 Å². The Morgan fingerprint density at radius 1 is 1.23 bits per heavy atom. The van der Waals surface area contributed by atoms with E-state index in [4.69, 9.17) is 9.47 Å². The van der Waals surface area contributed by atoms with Crippen molar-refractivity contribution >= 4 is 23.4 Å². The molecule has 31 heavy (non-hydrogen) atoms. The van der Waals surface area contributed by atoms with Crippen molar-refractivity contribution in [2.75, 3.05) is 18.2 Å². The smallest absolute Gasteiger partial charge is 0.234 e. The molecular weight excluding hydrogens is 412 g/mol. The molecule has 0 bridgehead atoms. The molecule has 0 aliphatic carbocycles. The van der Waals surface area contributed by atoms with Gasteiger partial charge < -0.3 is 14.8 Å². The van der Waals surface area contributed by atoms with Crippen LogP contribution in [0.3, 0.4) is 0 Å². The highest BCUT2D eigenvalue weighted by atomic mass is 32.2. The summed E-state index contributed by atoms with van der Waals surface area (Å²) in [4.78, 5) is 12.4. The Bertz CT molecular complexity index is 1050. The lowest BCUT2D eigenvalue weighted by molar-refractivity contribution is -0.113. The molecule has 8 heteroatoms. The maximum atomic E-state index is 12.4. The van der Waals surface area contributed by atoms with Gasteiger partial charge in [-0.05, 0) is 43.7 Å². The number of aromatic nitrogens is 3. The molecular formula is C23H26N4O3S. The van der Waals surface area contributed by atoms with Gasteiger partial charge in [0.05, 0.1) is 12.9 Å². The molecule has 162 valence electrons. The number of rotatable bonds is 10. The SMILES string of the molecule is C=CCn1c(SCC(=O)Nc2cccc(C)c2)nnc1C(C)Oc1ccccc1OC. The van der Waals surface area contributed by atoms with Crippen molar-refractivity contribution in [3.05, 3.63) is 72.6 Å². The number of thioether (sulfide) groups is 1. The lowest BCUT2D eigenvalue weighted by Gasteiger charge is -2.17. The monoisotopic (exact) mass is 438 g/mol. The number of ether oxygens (including phenoxy) is 2. The molecule has 1 amide bonds. The van der Waals surface area contributed by atoms with E-state index < -0.39 is 0 Å². The van der Waals surface area contributed by atoms with Crippen LogP contribution in [0.25, 0.3) is 0 Å². The lowest BCUT2D eigenvalue weighted by Crippen LogP contribution is -2.15. The van der Waals surface area contributed by atoms with Crippen LogP contribution >= 0.6 is 11.8 Å². The predicted molar refractivity (Wildman–Crippen MR) is 123 cm³/mol. The number of para-hydroxylation sites is 2. The summed E-state index contributed by atoms with van der Waals surface area (Å²) in [6.45, 7) is 8.21. The Morgan fingerprint density at radius 3 is 2.71 bits per heavy atom. The summed E-state index contributed by atoms with van der Waals surface area (Å²) < 4.78 is 13.3. The lowest BCUT2D eigenvalue weighted by atomic mass is 10.2. The minimum Gasteiger partial charge on any atom is -0.493 e. The summed E-state index contributed by atoms with van der Waals surface area (Å²) in [5.74, 6) is 2.02. The third-order valence-corrected chi connectivity index (χ3v) is 5.39. The van der Waals surface area contributed by atoms with Crippen molar-refractivity contribution in [1.82, 2.24) is 14.8 Å². The van der Waals surface area contributed by atoms with Gasteiger partial charge in [0.25, 0.3) is 0 Å². The second-order valence-corrected chi connectivity index (χ2v) is 7.80. The van der Waals surface area contributed by atoms with Crippen LogP contribution in [0.1, 0.15) is 24.4 Å². The topological polar surface area (TPSA) is 78.3 Å². The van der Waals surface area contributed by atoms with Crippen molar-refractivity contribution < 1.29 is 14.3 Å². The molecule has 3 aromatic rings. The Kier molecular flexibility index (Phi) is 7.72. The number of carbonyl (C=O) groups is 1. The number of anilines is 1. The Morgan fingerprint density at radius 2 is 2.00 bits per heavy atom. The molecule has 1 unspecified atom stereocenters. The number of nitrogens with zero attached hydrogens (tertiary/aromatic N) is 3. The van der Waals surface area contributed by atoms with Crippen LogP contribution < -0.4 is 14.8 Å². The molecule has 0 saturated carbocycles. The molecule has 0 fully saturated rings. The van der Waals surface area contributed by atoms with E-state index in [9.17, 15) is 4.79 Å². The summed E-state index contributed by atoms with van der Waals surface area (Å²) >= 11 is 1.32. The highest BCUT2D eigenvalue weighted by Crippen LogP contribution is 2.31. The van der Waals surface area contributed by atoms with E-state index in [1.54, 1.807) is 13.2 Å². The summed E-state index contributed by atoms with van der Waals surface area (Å²) in [6, 6.07) is 15.1. The second kappa shape index (κ2) is 10.7. The zero-order chi connectivity index (χ0) is 22.2. The van der Waals surface area contributed by atoms with Gasteiger partial charge in [-0.2, -0.15) is 0 Å². The van der Waals surface area contributed by atoms with E-state index >= 15 is 0 Å². The fraction of sp³-hybridized carbons (Fsp3) is 0.261. The highest BCUT2D eigenvalue weighted by Gasteiger charge is 2.20. The van der Waals surface area contributed by atoms with Crippen LogP contribution in [0.5, 0.6) is 11.5 Å². The first-order valence-electron chi connectivity index (χ1n) is 9.84. The standard InChI is InChI=1S/C23H26N4O3S/c1-5-13-27-22(17(3)30-20-12-7-6-11-19(20)29-4)25-26-23(27)31-15-21(28)24-18-10-8-9-16(2)14-18/h5-12,14,17H,1,13,15H2,2-4H3,(H,24,28). The molecule has 2 aromatic carbocycles. The maximum absolute atomic E-state index is 12.4. The highest BCUT2D eigenvalue weighted by molar-refractivity contribution is 7.99. The molecule has 0 spiro atoms. The van der Waals surface area contributed by atoms with Gasteiger partial charge in [0.2, 0.25) is 5.91 Å². The molecule has 0 radical (unpaired) electrons. The van der Waals surface area contributed by atoms with E-state index in [0.717, 1.165) is 11.3 Å². The fourth-order valence-electron chi connectivity index (χ4n) is 3.02. The average Bonchev–Trinajstić information content (AvgIpc) is 3.15. The van der Waals surface area contributed by atoms with Gasteiger partial charge in [-0.3, -0.25) is 9.36 Å². The zero-order valence-corrected chi connectivity index (χ0v) is 18.7. The molecule has 0 saturated heterocycles. The van der Waals surface area contributed by atoms with Crippen molar-refractivity contribution in [2.45, 2.75) is 31.7 Å². The number of aryl methyl sites for hydroxylation is 1. The first-order chi connectivity index (χ1) is 15.0. The number of hydrogen-bond acceptors (Lipinski definition) is 6. The van der Waals surface area contributed by atoms with Gasteiger partial charge in [0, 0.05) is 12.2 Å². The Labute approximate surface area is 186 Å². The summed E-state index contributed by atoms with van der Waals surface area (Å²) in [6.07, 6.45) is 1.39. The fourth-order valence-corrected chi connectivity index (χ4v) is 3.77. The number of carbonyl (C=O) groups excluding carboxylic acids is 1. The first-order valence-corrected chi connectivity index (χ1v) is 10.8. The van der Waals surface area contributed by atoms with E-state index in [1.165, 1.54) is 11.8 Å². The minimum atomic E-state index is -0.376. The van der Waals surface area contributed by atoms with Gasteiger partial charge in [0.15, 0.2) is 28.6 Å². The quantitative estimate of drug-likeness (QED) is 0.367. The minimum absolute atomic E-state index is 0.108. The zero-order valence-electron chi connectivity index (χ0n) is 17.9. The van der Waals surface area contributed by atoms with Crippen LogP contribution in [0.2, 0.25) is 0 Å². The molecule has 1 atom stereocenters. The normalized spacial score (nSPS) is 11.6. The number of hydrogen-bond donors (Lipinski definition) is 1. The molecule has 0 aliphatic rings. The van der Waals surface area contributed by atoms with Crippen molar-refractivity contribution in [2.24, 2.45) is 0 Å². The number of nitrogens with one attached hydrogen (secondary N) is 1. The molecule has 0 aliphatic heterocycles. The Hall–Kier alpha value is -3.26. The third kappa shape index (κ3) is 5.88. The van der Waals surface area contributed by atoms with E-state index in [2.05, 4.69) is 22.1 Å². The molecule has 1 heterocycles. The van der Waals surface area contributed by atoms with E-state index in [-0.39, 0.29) is 17.8 Å². The third-order valence-electron chi connectivity index (χ3n) is 4.43. The van der Waals surface area contributed by atoms with Gasteiger partial charge in [-0.25, -0.2) is 0 Å². The van der Waals surface area contributed by atoms with Gasteiger partial charge in [-0.15, -0.1) is 16.8 Å². The predicted octanol–water partition coefficient (Wildman–Crippen LogP) is 4.65. The average molecular weight is 439 g/mol. The number of amides is 1. The van der Waals surface area contributed by atoms with Crippen LogP contribution in [0, 0.1) is 6.92 Å². The van der Waals surface area contributed by atoms with Crippen LogP contribution in [-0.4, -0.2) is 33.5 Å². The number of benzene rings is 2. The molecule has 3 rings (SSSR count). The molecule has 1 aromatic heterocycles. The largest absolute Gasteiger partial charge is 0.493 e. The van der Waals surface area contributed by atoms with Crippen LogP contribution in [0.15, 0.2) is 66.3 Å². The second-order valence-electron chi connectivity index (χ2n) is 6.86. The number of methoxy groups -OCH3 is 1. The van der Waals surface area contributed by atoms with Crippen LogP contribution in [0.4, 0.5) is 5.69 Å². The summed E-state index contributed by atoms with van der Waals surface area (Å²) in [7, 11) is 1.60. The van der Waals surface area contributed by atoms with Gasteiger partial charge in [-0.1, -0.05) is 42.1 Å². The van der Waals surface area contributed by atoms with Gasteiger partial charge in [0.1, 0.15) is 0 Å².